The van der Waals surface area contributed by atoms with Gasteiger partial charge in [0.1, 0.15) is 12.6 Å². The van der Waals surface area contributed by atoms with Crippen molar-refractivity contribution in [3.63, 3.8) is 0 Å². The number of amides is 4. The maximum atomic E-state index is 13.4. The smallest absolute Gasteiger partial charge is 0.407 e. The van der Waals surface area contributed by atoms with Gasteiger partial charge in [0.25, 0.3) is 0 Å². The SMILES string of the molecule is CC(NC(=O)N(C)Cc1csc(C(C)C)n1)C(=O)N[C@@H](Cc1ccccc1)[C@@H](O)C[C@H](Cc1ccccc1)NC(=O)OCc1cncs1. The highest BCUT2D eigenvalue weighted by molar-refractivity contribution is 7.09. The fourth-order valence-corrected chi connectivity index (χ4v) is 6.33. The summed E-state index contributed by atoms with van der Waals surface area (Å²) in [5, 5.41) is 23.2. The number of alkyl carbamates (subject to hydrolysis) is 1. The summed E-state index contributed by atoms with van der Waals surface area (Å²) in [7, 11) is 1.65. The highest BCUT2D eigenvalue weighted by atomic mass is 32.1. The number of nitrogens with one attached hydrogen (secondary N) is 3. The Balaban J connectivity index is 1.41. The normalized spacial score (nSPS) is 13.6. The number of nitrogens with zero attached hydrogens (tertiary/aromatic N) is 3. The van der Waals surface area contributed by atoms with Crippen molar-refractivity contribution in [1.82, 2.24) is 30.8 Å². The van der Waals surface area contributed by atoms with E-state index in [0.29, 0.717) is 25.3 Å². The van der Waals surface area contributed by atoms with Crippen molar-refractivity contribution >= 4 is 40.7 Å². The van der Waals surface area contributed by atoms with Crippen LogP contribution in [0, 0.1) is 0 Å². The van der Waals surface area contributed by atoms with Crippen LogP contribution in [-0.2, 0) is 35.5 Å². The number of aliphatic hydroxyl groups is 1. The van der Waals surface area contributed by atoms with Crippen LogP contribution in [0.1, 0.15) is 59.8 Å². The van der Waals surface area contributed by atoms with Crippen LogP contribution in [0.4, 0.5) is 9.59 Å². The van der Waals surface area contributed by atoms with Gasteiger partial charge in [0.05, 0.1) is 39.8 Å². The van der Waals surface area contributed by atoms with E-state index in [2.05, 4.69) is 39.8 Å². The molecule has 0 bridgehead atoms. The Morgan fingerprint density at radius 1 is 0.917 bits per heavy atom. The lowest BCUT2D eigenvalue weighted by molar-refractivity contribution is -0.124. The molecule has 11 nitrogen and oxygen atoms in total. The fourth-order valence-electron chi connectivity index (χ4n) is 5.00. The largest absolute Gasteiger partial charge is 0.444 e. The van der Waals surface area contributed by atoms with E-state index in [1.165, 1.54) is 16.2 Å². The molecular weight excluding hydrogens is 649 g/mol. The van der Waals surface area contributed by atoms with Crippen molar-refractivity contribution in [2.75, 3.05) is 7.05 Å². The predicted molar refractivity (Wildman–Crippen MR) is 188 cm³/mol. The van der Waals surface area contributed by atoms with Gasteiger partial charge in [-0.25, -0.2) is 14.6 Å². The van der Waals surface area contributed by atoms with E-state index in [0.717, 1.165) is 26.7 Å². The van der Waals surface area contributed by atoms with E-state index in [9.17, 15) is 19.5 Å². The quantitative estimate of drug-likeness (QED) is 0.125. The summed E-state index contributed by atoms with van der Waals surface area (Å²) in [6.45, 7) is 6.14. The zero-order valence-electron chi connectivity index (χ0n) is 27.7. The van der Waals surface area contributed by atoms with Crippen LogP contribution < -0.4 is 16.0 Å². The molecule has 0 saturated heterocycles. The lowest BCUT2D eigenvalue weighted by Crippen LogP contribution is -2.54. The second-order valence-electron chi connectivity index (χ2n) is 12.0. The summed E-state index contributed by atoms with van der Waals surface area (Å²) in [6, 6.07) is 16.7. The van der Waals surface area contributed by atoms with Gasteiger partial charge < -0.3 is 30.7 Å². The number of benzene rings is 2. The zero-order chi connectivity index (χ0) is 34.5. The van der Waals surface area contributed by atoms with E-state index in [1.807, 2.05) is 66.0 Å². The molecule has 2 aromatic heterocycles. The number of aliphatic hydroxyl groups excluding tert-OH is 1. The van der Waals surface area contributed by atoms with Gasteiger partial charge >= 0.3 is 12.1 Å². The van der Waals surface area contributed by atoms with Crippen LogP contribution in [0.5, 0.6) is 0 Å². The van der Waals surface area contributed by atoms with Crippen LogP contribution in [-0.4, -0.2) is 69.3 Å². The van der Waals surface area contributed by atoms with Gasteiger partial charge in [-0.1, -0.05) is 74.5 Å². The van der Waals surface area contributed by atoms with Crippen molar-refractivity contribution in [2.24, 2.45) is 0 Å². The van der Waals surface area contributed by atoms with Crippen LogP contribution >= 0.6 is 22.7 Å². The number of rotatable bonds is 16. The molecule has 48 heavy (non-hydrogen) atoms. The molecule has 256 valence electrons. The van der Waals surface area contributed by atoms with Gasteiger partial charge in [-0.05, 0) is 37.3 Å². The van der Waals surface area contributed by atoms with Crippen molar-refractivity contribution in [2.45, 2.75) is 83.3 Å². The van der Waals surface area contributed by atoms with Crippen molar-refractivity contribution in [3.8, 4) is 0 Å². The number of aromatic nitrogens is 2. The van der Waals surface area contributed by atoms with Gasteiger partial charge in [0, 0.05) is 30.6 Å². The summed E-state index contributed by atoms with van der Waals surface area (Å²) in [6.07, 6.45) is 0.900. The fraction of sp³-hybridized carbons (Fsp3) is 0.400. The highest BCUT2D eigenvalue weighted by Crippen LogP contribution is 2.20. The minimum Gasteiger partial charge on any atom is -0.444 e. The maximum Gasteiger partial charge on any atom is 0.407 e. The molecule has 0 spiro atoms. The van der Waals surface area contributed by atoms with E-state index < -0.39 is 42.3 Å². The number of carbonyl (C=O) groups is 3. The summed E-state index contributed by atoms with van der Waals surface area (Å²) in [4.78, 5) is 50.1. The third-order valence-electron chi connectivity index (χ3n) is 7.63. The molecule has 4 rings (SSSR count). The Bertz CT molecular complexity index is 1570. The second-order valence-corrected chi connectivity index (χ2v) is 13.9. The first-order chi connectivity index (χ1) is 23.1. The van der Waals surface area contributed by atoms with Crippen molar-refractivity contribution < 1.29 is 24.2 Å². The molecule has 0 fully saturated rings. The lowest BCUT2D eigenvalue weighted by atomic mass is 9.93. The average molecular weight is 693 g/mol. The molecule has 4 N–H and O–H groups in total. The Morgan fingerprint density at radius 2 is 1.58 bits per heavy atom. The molecule has 2 aromatic carbocycles. The summed E-state index contributed by atoms with van der Waals surface area (Å²) >= 11 is 2.95. The topological polar surface area (TPSA) is 146 Å². The first-order valence-electron chi connectivity index (χ1n) is 15.9. The maximum absolute atomic E-state index is 13.4. The predicted octanol–water partition coefficient (Wildman–Crippen LogP) is 5.27. The zero-order valence-corrected chi connectivity index (χ0v) is 29.3. The molecule has 0 saturated carbocycles. The molecule has 0 aliphatic carbocycles. The number of thiazole rings is 2. The molecule has 4 amide bonds. The second kappa shape index (κ2) is 18.3. The molecule has 0 aliphatic heterocycles. The highest BCUT2D eigenvalue weighted by Gasteiger charge is 2.29. The van der Waals surface area contributed by atoms with Crippen LogP contribution in [0.25, 0.3) is 0 Å². The summed E-state index contributed by atoms with van der Waals surface area (Å²) in [5.74, 6) is -0.137. The molecule has 0 aliphatic rings. The van der Waals surface area contributed by atoms with Gasteiger partial charge in [0.15, 0.2) is 0 Å². The van der Waals surface area contributed by atoms with Crippen molar-refractivity contribution in [1.29, 1.82) is 0 Å². The van der Waals surface area contributed by atoms with Crippen LogP contribution in [0.15, 0.2) is 77.8 Å². The molecule has 13 heteroatoms. The van der Waals surface area contributed by atoms with E-state index in [-0.39, 0.29) is 13.0 Å². The van der Waals surface area contributed by atoms with Crippen LogP contribution in [0.2, 0.25) is 0 Å². The molecule has 2 heterocycles. The Hall–Kier alpha value is -4.33. The molecular formula is C35H44N6O5S2. The summed E-state index contributed by atoms with van der Waals surface area (Å²) in [5.41, 5.74) is 4.34. The Kier molecular flexibility index (Phi) is 13.9. The van der Waals surface area contributed by atoms with E-state index >= 15 is 0 Å². The average Bonchev–Trinajstić information content (AvgIpc) is 3.77. The Morgan fingerprint density at radius 3 is 2.19 bits per heavy atom. The van der Waals surface area contributed by atoms with Crippen LogP contribution in [0.3, 0.4) is 0 Å². The lowest BCUT2D eigenvalue weighted by Gasteiger charge is -2.29. The van der Waals surface area contributed by atoms with Gasteiger partial charge in [-0.2, -0.15) is 0 Å². The molecule has 4 aromatic rings. The minimum atomic E-state index is -1.05. The first kappa shape index (κ1) is 36.5. The number of ether oxygens (including phenoxy) is 1. The third-order valence-corrected chi connectivity index (χ3v) is 9.58. The third kappa shape index (κ3) is 11.7. The number of urea groups is 1. The van der Waals surface area contributed by atoms with Gasteiger partial charge in [0.2, 0.25) is 5.91 Å². The first-order valence-corrected chi connectivity index (χ1v) is 17.7. The van der Waals surface area contributed by atoms with Gasteiger partial charge in [-0.3, -0.25) is 9.78 Å². The molecule has 1 unspecified atom stereocenters. The minimum absolute atomic E-state index is 0.0886. The van der Waals surface area contributed by atoms with E-state index in [4.69, 9.17) is 4.74 Å². The number of hydrogen-bond acceptors (Lipinski definition) is 9. The molecule has 0 radical (unpaired) electrons. The Labute approximate surface area is 289 Å². The number of carbonyl (C=O) groups excluding carboxylic acids is 3. The monoisotopic (exact) mass is 692 g/mol. The van der Waals surface area contributed by atoms with Crippen molar-refractivity contribution in [3.05, 3.63) is 104 Å². The molecule has 4 atom stereocenters. The van der Waals surface area contributed by atoms with E-state index in [1.54, 1.807) is 37.0 Å². The van der Waals surface area contributed by atoms with Gasteiger partial charge in [-0.15, -0.1) is 22.7 Å². The summed E-state index contributed by atoms with van der Waals surface area (Å²) < 4.78 is 5.42. The standard InChI is InChI=1S/C35H44N6O5S2/c1-23(2)33-38-28(21-47-33)19-41(4)34(44)37-24(3)32(43)40-30(16-26-13-9-6-10-14-26)31(42)17-27(15-25-11-7-5-8-12-25)39-35(45)46-20-29-18-36-22-48-29/h5-14,18,21-24,27,30-31,42H,15-17,19-20H2,1-4H3,(H,37,44)(H,39,45)(H,40,43)/t24?,27-,30-,31-/m0/s1. The number of hydrogen-bond donors (Lipinski definition) is 4.